The van der Waals surface area contributed by atoms with E-state index in [9.17, 15) is 13.6 Å². The molecule has 1 saturated heterocycles. The van der Waals surface area contributed by atoms with E-state index in [1.165, 1.54) is 33.6 Å². The molecule has 1 aliphatic rings. The summed E-state index contributed by atoms with van der Waals surface area (Å²) in [6.07, 6.45) is 1.83. The average Bonchev–Trinajstić information content (AvgIpc) is 3.57. The van der Waals surface area contributed by atoms with Crippen molar-refractivity contribution in [2.45, 2.75) is 6.54 Å². The zero-order valence-electron chi connectivity index (χ0n) is 19.7. The van der Waals surface area contributed by atoms with Gasteiger partial charge in [-0.05, 0) is 66.0 Å². The van der Waals surface area contributed by atoms with Crippen LogP contribution in [0.3, 0.4) is 0 Å². The van der Waals surface area contributed by atoms with E-state index in [2.05, 4.69) is 31.4 Å². The van der Waals surface area contributed by atoms with Gasteiger partial charge in [0.1, 0.15) is 24.0 Å². The Morgan fingerprint density at radius 2 is 1.54 bits per heavy atom. The van der Waals surface area contributed by atoms with Crippen molar-refractivity contribution in [3.63, 3.8) is 0 Å². The number of carbonyl (C=O) groups excluding carboxylic acids is 1. The average molecular weight is 517 g/mol. The Morgan fingerprint density at radius 3 is 2.24 bits per heavy atom. The minimum absolute atomic E-state index is 0.0146. The fourth-order valence-corrected chi connectivity index (χ4v) is 5.29. The molecule has 0 spiro atoms. The highest BCUT2D eigenvalue weighted by molar-refractivity contribution is 7.17. The molecule has 4 heterocycles. The number of piperazine rings is 1. The second-order valence-corrected chi connectivity index (χ2v) is 9.71. The normalized spacial score (nSPS) is 13.9. The zero-order valence-corrected chi connectivity index (χ0v) is 20.5. The van der Waals surface area contributed by atoms with E-state index in [0.29, 0.717) is 49.0 Å². The molecular weight excluding hydrogens is 494 g/mol. The zero-order chi connectivity index (χ0) is 25.4. The lowest BCUT2D eigenvalue weighted by Gasteiger charge is -2.35. The highest BCUT2D eigenvalue weighted by Crippen LogP contribution is 2.29. The Morgan fingerprint density at radius 1 is 0.865 bits per heavy atom. The molecular formula is C27H22F2N6OS. The van der Waals surface area contributed by atoms with Crippen LogP contribution >= 0.6 is 11.3 Å². The number of amides is 1. The van der Waals surface area contributed by atoms with Crippen LogP contribution in [-0.4, -0.2) is 56.7 Å². The monoisotopic (exact) mass is 516 g/mol. The minimum Gasteiger partial charge on any atom is -0.353 e. The summed E-state index contributed by atoms with van der Waals surface area (Å²) >= 11 is 1.69. The van der Waals surface area contributed by atoms with Gasteiger partial charge in [0, 0.05) is 53.6 Å². The Bertz CT molecular complexity index is 1560. The number of nitrogens with zero attached hydrogens (tertiary/aromatic N) is 6. The first-order valence-electron chi connectivity index (χ1n) is 11.9. The quantitative estimate of drug-likeness (QED) is 0.334. The summed E-state index contributed by atoms with van der Waals surface area (Å²) < 4.78 is 29.7. The van der Waals surface area contributed by atoms with E-state index in [1.807, 2.05) is 17.2 Å². The summed E-state index contributed by atoms with van der Waals surface area (Å²) in [6, 6.07) is 15.8. The first kappa shape index (κ1) is 23.2. The third kappa shape index (κ3) is 4.67. The molecule has 0 bridgehead atoms. The molecule has 0 radical (unpaired) electrons. The summed E-state index contributed by atoms with van der Waals surface area (Å²) in [5.41, 5.74) is 1.26. The molecule has 7 nitrogen and oxygen atoms in total. The number of halogens is 2. The number of fused-ring (bicyclic) bond motifs is 1. The van der Waals surface area contributed by atoms with Gasteiger partial charge in [-0.3, -0.25) is 4.79 Å². The van der Waals surface area contributed by atoms with Gasteiger partial charge < -0.3 is 9.80 Å². The SMILES string of the molecule is O=C(Cn1nc(-c2ccc(F)cc2)nc1-c1ccc(F)cc1)N1CCN(c2nccc3sccc23)CC1. The van der Waals surface area contributed by atoms with Crippen LogP contribution in [-0.2, 0) is 11.3 Å². The maximum atomic E-state index is 13.5. The number of pyridine rings is 1. The van der Waals surface area contributed by atoms with Crippen molar-refractivity contribution in [3.8, 4) is 22.8 Å². The van der Waals surface area contributed by atoms with Crippen LogP contribution < -0.4 is 4.90 Å². The van der Waals surface area contributed by atoms with Gasteiger partial charge in [-0.25, -0.2) is 23.4 Å². The molecule has 10 heteroatoms. The van der Waals surface area contributed by atoms with Gasteiger partial charge in [0.2, 0.25) is 5.91 Å². The molecule has 1 amide bonds. The number of hydrogen-bond donors (Lipinski definition) is 0. The third-order valence-electron chi connectivity index (χ3n) is 6.45. The molecule has 37 heavy (non-hydrogen) atoms. The summed E-state index contributed by atoms with van der Waals surface area (Å²) in [5, 5.41) is 7.75. The molecule has 5 aromatic rings. The lowest BCUT2D eigenvalue weighted by Crippen LogP contribution is -2.50. The Balaban J connectivity index is 1.22. The first-order chi connectivity index (χ1) is 18.0. The van der Waals surface area contributed by atoms with E-state index in [-0.39, 0.29) is 24.1 Å². The first-order valence-corrected chi connectivity index (χ1v) is 12.7. The number of hydrogen-bond acceptors (Lipinski definition) is 6. The van der Waals surface area contributed by atoms with Gasteiger partial charge in [0.15, 0.2) is 11.6 Å². The van der Waals surface area contributed by atoms with Crippen molar-refractivity contribution >= 4 is 33.1 Å². The molecule has 2 aromatic carbocycles. The maximum Gasteiger partial charge on any atom is 0.244 e. The molecule has 6 rings (SSSR count). The standard InChI is InChI=1S/C27H22F2N6OS/c28-20-5-1-18(2-6-20)25-31-26(19-3-7-21(29)8-4-19)35(32-25)17-24(36)33-12-14-34(15-13-33)27-22-10-16-37-23(22)9-11-30-27/h1-11,16H,12-15,17H2. The van der Waals surface area contributed by atoms with Gasteiger partial charge in [-0.1, -0.05) is 0 Å². The number of aromatic nitrogens is 4. The molecule has 0 saturated carbocycles. The van der Waals surface area contributed by atoms with Crippen LogP contribution in [0.25, 0.3) is 32.9 Å². The summed E-state index contributed by atoms with van der Waals surface area (Å²) in [4.78, 5) is 26.5. The fourth-order valence-electron chi connectivity index (χ4n) is 4.51. The second-order valence-electron chi connectivity index (χ2n) is 8.77. The van der Waals surface area contributed by atoms with Crippen molar-refractivity contribution < 1.29 is 13.6 Å². The lowest BCUT2D eigenvalue weighted by molar-refractivity contribution is -0.132. The van der Waals surface area contributed by atoms with Crippen LogP contribution in [0, 0.1) is 11.6 Å². The van der Waals surface area contributed by atoms with Crippen LogP contribution in [0.2, 0.25) is 0 Å². The van der Waals surface area contributed by atoms with E-state index in [0.717, 1.165) is 11.2 Å². The maximum absolute atomic E-state index is 13.5. The number of thiophene rings is 1. The lowest BCUT2D eigenvalue weighted by atomic mass is 10.2. The predicted octanol–water partition coefficient (Wildman–Crippen LogP) is 4.85. The highest BCUT2D eigenvalue weighted by atomic mass is 32.1. The molecule has 0 atom stereocenters. The van der Waals surface area contributed by atoms with E-state index < -0.39 is 0 Å². The highest BCUT2D eigenvalue weighted by Gasteiger charge is 2.25. The predicted molar refractivity (Wildman–Crippen MR) is 139 cm³/mol. The summed E-state index contributed by atoms with van der Waals surface area (Å²) in [5.74, 6) is 0.952. The molecule has 1 fully saturated rings. The van der Waals surface area contributed by atoms with Gasteiger partial charge in [-0.15, -0.1) is 16.4 Å². The summed E-state index contributed by atoms with van der Waals surface area (Å²) in [7, 11) is 0. The van der Waals surface area contributed by atoms with Crippen LogP contribution in [0.4, 0.5) is 14.6 Å². The van der Waals surface area contributed by atoms with E-state index in [4.69, 9.17) is 0 Å². The molecule has 3 aromatic heterocycles. The van der Waals surface area contributed by atoms with Crippen molar-refractivity contribution in [3.05, 3.63) is 83.9 Å². The largest absolute Gasteiger partial charge is 0.353 e. The van der Waals surface area contributed by atoms with Crippen molar-refractivity contribution in [2.75, 3.05) is 31.1 Å². The number of anilines is 1. The second kappa shape index (κ2) is 9.70. The number of benzene rings is 2. The topological polar surface area (TPSA) is 67.2 Å². The fraction of sp³-hybridized carbons (Fsp3) is 0.185. The van der Waals surface area contributed by atoms with Crippen molar-refractivity contribution in [1.82, 2.24) is 24.6 Å². The number of rotatable bonds is 5. The Labute approximate surface area is 215 Å². The van der Waals surface area contributed by atoms with Crippen molar-refractivity contribution in [2.24, 2.45) is 0 Å². The van der Waals surface area contributed by atoms with Crippen LogP contribution in [0.5, 0.6) is 0 Å². The molecule has 186 valence electrons. The van der Waals surface area contributed by atoms with Gasteiger partial charge in [-0.2, -0.15) is 0 Å². The van der Waals surface area contributed by atoms with Crippen molar-refractivity contribution in [1.29, 1.82) is 0 Å². The van der Waals surface area contributed by atoms with Gasteiger partial charge in [0.05, 0.1) is 0 Å². The van der Waals surface area contributed by atoms with Crippen LogP contribution in [0.15, 0.2) is 72.2 Å². The van der Waals surface area contributed by atoms with E-state index in [1.54, 1.807) is 35.6 Å². The number of carbonyl (C=O) groups is 1. The third-order valence-corrected chi connectivity index (χ3v) is 7.33. The van der Waals surface area contributed by atoms with Gasteiger partial charge in [0.25, 0.3) is 0 Å². The Hall–Kier alpha value is -4.18. The molecule has 0 N–H and O–H groups in total. The minimum atomic E-state index is -0.366. The smallest absolute Gasteiger partial charge is 0.244 e. The molecule has 0 aliphatic carbocycles. The van der Waals surface area contributed by atoms with Gasteiger partial charge >= 0.3 is 0 Å². The Kier molecular flexibility index (Phi) is 6.09. The summed E-state index contributed by atoms with van der Waals surface area (Å²) in [6.45, 7) is 2.46. The van der Waals surface area contributed by atoms with E-state index >= 15 is 0 Å². The van der Waals surface area contributed by atoms with Crippen LogP contribution in [0.1, 0.15) is 0 Å². The molecule has 0 unspecified atom stereocenters. The molecule has 1 aliphatic heterocycles.